The first-order valence-corrected chi connectivity index (χ1v) is 11.5. The van der Waals surface area contributed by atoms with Crippen LogP contribution in [0.15, 0.2) is 70.5 Å². The van der Waals surface area contributed by atoms with Crippen molar-refractivity contribution in [2.45, 2.75) is 9.79 Å². The number of hydrogen-bond donors (Lipinski definition) is 1. The van der Waals surface area contributed by atoms with E-state index in [1.54, 1.807) is 16.7 Å². The Morgan fingerprint density at radius 3 is 2.57 bits per heavy atom. The molecule has 0 saturated carbocycles. The van der Waals surface area contributed by atoms with Gasteiger partial charge in [0.2, 0.25) is 0 Å². The fourth-order valence-corrected chi connectivity index (χ4v) is 5.30. The third kappa shape index (κ3) is 4.24. The van der Waals surface area contributed by atoms with Gasteiger partial charge in [-0.15, -0.1) is 23.5 Å². The van der Waals surface area contributed by atoms with Gasteiger partial charge in [0.25, 0.3) is 5.91 Å². The van der Waals surface area contributed by atoms with E-state index in [9.17, 15) is 9.18 Å². The smallest absolute Gasteiger partial charge is 0.259 e. The molecule has 1 N–H and O–H groups in total. The monoisotopic (exact) mass is 460 g/mol. The lowest BCUT2D eigenvalue weighted by Gasteiger charge is -2.17. The summed E-state index contributed by atoms with van der Waals surface area (Å²) in [5.41, 5.74) is 2.32. The van der Waals surface area contributed by atoms with Crippen LogP contribution in [0.4, 0.5) is 15.8 Å². The molecule has 5 rings (SSSR count). The number of anilines is 2. The van der Waals surface area contributed by atoms with Crippen LogP contribution >= 0.6 is 35.1 Å². The molecule has 0 spiro atoms. The first-order chi connectivity index (χ1) is 14.6. The van der Waals surface area contributed by atoms with E-state index >= 15 is 0 Å². The van der Waals surface area contributed by atoms with E-state index in [0.717, 1.165) is 22.5 Å². The van der Waals surface area contributed by atoms with Crippen molar-refractivity contribution in [3.63, 3.8) is 0 Å². The number of carbonyl (C=O) groups is 1. The molecule has 4 nitrogen and oxygen atoms in total. The van der Waals surface area contributed by atoms with Crippen molar-refractivity contribution in [2.24, 2.45) is 0 Å². The number of thioether (sulfide) groups is 2. The highest BCUT2D eigenvalue weighted by molar-refractivity contribution is 8.00. The Hall–Kier alpha value is -2.35. The maximum atomic E-state index is 13.9. The van der Waals surface area contributed by atoms with Crippen LogP contribution in [-0.4, -0.2) is 24.8 Å². The van der Waals surface area contributed by atoms with Gasteiger partial charge in [0.05, 0.1) is 29.6 Å². The van der Waals surface area contributed by atoms with Crippen LogP contribution in [0.2, 0.25) is 5.02 Å². The average molecular weight is 461 g/mol. The van der Waals surface area contributed by atoms with E-state index in [0.29, 0.717) is 5.88 Å². The van der Waals surface area contributed by atoms with Crippen LogP contribution in [0.1, 0.15) is 10.4 Å². The third-order valence-corrected chi connectivity index (χ3v) is 6.86. The molecule has 8 heteroatoms. The number of ether oxygens (including phenoxy) is 1. The molecule has 0 aliphatic carbocycles. The van der Waals surface area contributed by atoms with E-state index < -0.39 is 5.82 Å². The maximum absolute atomic E-state index is 13.9. The van der Waals surface area contributed by atoms with Gasteiger partial charge < -0.3 is 10.1 Å². The molecule has 0 saturated heterocycles. The normalized spacial score (nSPS) is 13.6. The Labute approximate surface area is 187 Å². The SMILES string of the molecule is COc1c(F)cc(C(=O)N2CSc3ccccc32)cc1Cl.c1ccc2c(c1)NCS2. The van der Waals surface area contributed by atoms with Crippen molar-refractivity contribution in [2.75, 3.05) is 29.1 Å². The number of amides is 1. The van der Waals surface area contributed by atoms with Crippen molar-refractivity contribution < 1.29 is 13.9 Å². The minimum atomic E-state index is -0.645. The quantitative estimate of drug-likeness (QED) is 0.482. The van der Waals surface area contributed by atoms with Crippen LogP contribution in [0.3, 0.4) is 0 Å². The molecule has 0 fully saturated rings. The molecule has 0 atom stereocenters. The highest BCUT2D eigenvalue weighted by Gasteiger charge is 2.27. The predicted octanol–water partition coefficient (Wildman–Crippen LogP) is 6.36. The van der Waals surface area contributed by atoms with Gasteiger partial charge in [0, 0.05) is 21.0 Å². The zero-order valence-electron chi connectivity index (χ0n) is 16.0. The molecule has 0 aromatic heterocycles. The Morgan fingerprint density at radius 1 is 1.10 bits per heavy atom. The molecule has 1 amide bonds. The van der Waals surface area contributed by atoms with Gasteiger partial charge in [0.15, 0.2) is 11.6 Å². The van der Waals surface area contributed by atoms with E-state index in [2.05, 4.69) is 29.6 Å². The summed E-state index contributed by atoms with van der Waals surface area (Å²) in [5, 5.41) is 3.35. The standard InChI is InChI=1S/C15H11ClFNO2S.C7H7NS/c1-20-14-10(16)6-9(7-11(14)17)15(19)18-8-21-13-5-3-2-4-12(13)18;1-2-4-7-6(3-1)8-5-9-7/h2-7H,8H2,1H3;1-4,8H,5H2. The second-order valence-electron chi connectivity index (χ2n) is 6.41. The lowest BCUT2D eigenvalue weighted by molar-refractivity contribution is 0.0991. The van der Waals surface area contributed by atoms with E-state index in [1.807, 2.05) is 36.0 Å². The number of carbonyl (C=O) groups excluding carboxylic acids is 1. The van der Waals surface area contributed by atoms with Gasteiger partial charge in [-0.2, -0.15) is 0 Å². The second kappa shape index (κ2) is 9.20. The molecule has 2 aliphatic heterocycles. The summed E-state index contributed by atoms with van der Waals surface area (Å²) >= 11 is 9.37. The minimum absolute atomic E-state index is 0.0515. The fraction of sp³-hybridized carbons (Fsp3) is 0.136. The number of nitrogens with one attached hydrogen (secondary N) is 1. The Balaban J connectivity index is 0.000000200. The van der Waals surface area contributed by atoms with Crippen molar-refractivity contribution in [1.82, 2.24) is 0 Å². The highest BCUT2D eigenvalue weighted by atomic mass is 35.5. The van der Waals surface area contributed by atoms with Crippen LogP contribution in [-0.2, 0) is 0 Å². The number of methoxy groups -OCH3 is 1. The zero-order valence-corrected chi connectivity index (χ0v) is 18.4. The summed E-state index contributed by atoms with van der Waals surface area (Å²) < 4.78 is 18.7. The van der Waals surface area contributed by atoms with Crippen LogP contribution in [0.5, 0.6) is 5.75 Å². The molecule has 0 radical (unpaired) electrons. The van der Waals surface area contributed by atoms with Gasteiger partial charge >= 0.3 is 0 Å². The Bertz CT molecular complexity index is 1050. The summed E-state index contributed by atoms with van der Waals surface area (Å²) in [6.07, 6.45) is 0. The van der Waals surface area contributed by atoms with E-state index in [-0.39, 0.29) is 22.2 Å². The molecule has 3 aromatic rings. The largest absolute Gasteiger partial charge is 0.492 e. The molecule has 2 heterocycles. The Kier molecular flexibility index (Phi) is 6.41. The van der Waals surface area contributed by atoms with E-state index in [4.69, 9.17) is 16.3 Å². The number of nitrogens with zero attached hydrogens (tertiary/aromatic N) is 1. The van der Waals surface area contributed by atoms with Crippen molar-refractivity contribution in [3.8, 4) is 5.75 Å². The van der Waals surface area contributed by atoms with Crippen LogP contribution < -0.4 is 15.0 Å². The van der Waals surface area contributed by atoms with Gasteiger partial charge in [-0.1, -0.05) is 35.9 Å². The van der Waals surface area contributed by atoms with Gasteiger partial charge in [-0.05, 0) is 36.4 Å². The summed E-state index contributed by atoms with van der Waals surface area (Å²) in [6.45, 7) is 0. The number of benzene rings is 3. The number of rotatable bonds is 2. The number of halogens is 2. The molecular weight excluding hydrogens is 443 g/mol. The van der Waals surface area contributed by atoms with Crippen molar-refractivity contribution in [1.29, 1.82) is 0 Å². The average Bonchev–Trinajstić information content (AvgIpc) is 3.40. The zero-order chi connectivity index (χ0) is 21.1. The predicted molar refractivity (Wildman–Crippen MR) is 123 cm³/mol. The second-order valence-corrected chi connectivity index (χ2v) is 8.82. The van der Waals surface area contributed by atoms with Gasteiger partial charge in [-0.25, -0.2) is 4.39 Å². The lowest BCUT2D eigenvalue weighted by Crippen LogP contribution is -2.28. The molecule has 3 aromatic carbocycles. The number of fused-ring (bicyclic) bond motifs is 2. The first-order valence-electron chi connectivity index (χ1n) is 9.11. The Morgan fingerprint density at radius 2 is 1.83 bits per heavy atom. The molecule has 2 aliphatic rings. The highest BCUT2D eigenvalue weighted by Crippen LogP contribution is 2.39. The first kappa shape index (κ1) is 20.9. The molecule has 0 bridgehead atoms. The van der Waals surface area contributed by atoms with Crippen molar-refractivity contribution in [3.05, 3.63) is 77.1 Å². The summed E-state index contributed by atoms with van der Waals surface area (Å²) in [5.74, 6) is 0.553. The number of para-hydroxylation sites is 2. The molecule has 154 valence electrons. The third-order valence-electron chi connectivity index (χ3n) is 4.58. The maximum Gasteiger partial charge on any atom is 0.259 e. The summed E-state index contributed by atoms with van der Waals surface area (Å²) in [7, 11) is 1.33. The van der Waals surface area contributed by atoms with E-state index in [1.165, 1.54) is 23.8 Å². The van der Waals surface area contributed by atoms with Crippen LogP contribution in [0, 0.1) is 5.82 Å². The summed E-state index contributed by atoms with van der Waals surface area (Å²) in [4.78, 5) is 16.6. The van der Waals surface area contributed by atoms with Crippen molar-refractivity contribution >= 4 is 52.4 Å². The lowest BCUT2D eigenvalue weighted by atomic mass is 10.1. The molecular formula is C22H18ClFN2O2S2. The topological polar surface area (TPSA) is 41.6 Å². The fourth-order valence-electron chi connectivity index (χ4n) is 3.14. The van der Waals surface area contributed by atoms with Crippen LogP contribution in [0.25, 0.3) is 0 Å². The number of hydrogen-bond acceptors (Lipinski definition) is 5. The molecule has 0 unspecified atom stereocenters. The summed E-state index contributed by atoms with van der Waals surface area (Å²) in [6, 6.07) is 18.6. The minimum Gasteiger partial charge on any atom is -0.492 e. The van der Waals surface area contributed by atoms with Gasteiger partial charge in [-0.3, -0.25) is 9.69 Å². The molecule has 30 heavy (non-hydrogen) atoms. The van der Waals surface area contributed by atoms with Gasteiger partial charge in [0.1, 0.15) is 0 Å².